The first-order chi connectivity index (χ1) is 17.0. The Balaban J connectivity index is 1.81. The van der Waals surface area contributed by atoms with E-state index in [2.05, 4.69) is 0 Å². The van der Waals surface area contributed by atoms with Gasteiger partial charge in [-0.2, -0.15) is 0 Å². The lowest BCUT2D eigenvalue weighted by Gasteiger charge is -2.07. The molecule has 0 fully saturated rings. The van der Waals surface area contributed by atoms with Crippen LogP contribution in [0, 0.1) is 0 Å². The summed E-state index contributed by atoms with van der Waals surface area (Å²) in [6, 6.07) is 18.4. The molecule has 1 heterocycles. The SMILES string of the molecule is CC(O)COC=CC(=O)c1cccc2ccc3oc4c5ccccc5c(C(=O)C=CO)cc4c3c12. The summed E-state index contributed by atoms with van der Waals surface area (Å²) < 4.78 is 11.5. The zero-order chi connectivity index (χ0) is 24.5. The van der Waals surface area contributed by atoms with Crippen LogP contribution < -0.4 is 0 Å². The quantitative estimate of drug-likeness (QED) is 0.167. The van der Waals surface area contributed by atoms with Crippen LogP contribution in [-0.2, 0) is 4.74 Å². The van der Waals surface area contributed by atoms with Crippen molar-refractivity contribution >= 4 is 55.0 Å². The molecule has 0 spiro atoms. The van der Waals surface area contributed by atoms with Gasteiger partial charge in [0.15, 0.2) is 11.6 Å². The van der Waals surface area contributed by atoms with E-state index in [4.69, 9.17) is 9.15 Å². The zero-order valence-corrected chi connectivity index (χ0v) is 18.9. The van der Waals surface area contributed by atoms with Crippen LogP contribution in [0.25, 0.3) is 43.5 Å². The Kier molecular flexibility index (Phi) is 5.81. The maximum Gasteiger partial charge on any atom is 0.189 e. The monoisotopic (exact) mass is 466 g/mol. The highest BCUT2D eigenvalue weighted by Gasteiger charge is 2.20. The van der Waals surface area contributed by atoms with Gasteiger partial charge in [-0.1, -0.05) is 48.5 Å². The van der Waals surface area contributed by atoms with Crippen LogP contribution in [0.3, 0.4) is 0 Å². The Hall–Kier alpha value is -4.42. The molecule has 1 atom stereocenters. The van der Waals surface area contributed by atoms with Gasteiger partial charge in [0, 0.05) is 44.8 Å². The third kappa shape index (κ3) is 3.94. The number of allylic oxidation sites excluding steroid dienone is 2. The number of furan rings is 1. The molecule has 0 aliphatic heterocycles. The van der Waals surface area contributed by atoms with E-state index >= 15 is 0 Å². The van der Waals surface area contributed by atoms with E-state index in [1.807, 2.05) is 48.5 Å². The maximum absolute atomic E-state index is 13.1. The summed E-state index contributed by atoms with van der Waals surface area (Å²) in [5.41, 5.74) is 2.09. The Labute approximate surface area is 200 Å². The Bertz CT molecular complexity index is 1670. The molecule has 0 saturated carbocycles. The molecule has 0 amide bonds. The molecule has 0 bridgehead atoms. The van der Waals surface area contributed by atoms with E-state index in [1.165, 1.54) is 12.3 Å². The number of fused-ring (bicyclic) bond motifs is 7. The number of aliphatic hydroxyl groups excluding tert-OH is 2. The molecule has 174 valence electrons. The van der Waals surface area contributed by atoms with Gasteiger partial charge in [-0.15, -0.1) is 0 Å². The standard InChI is InChI=1S/C29H22O6/c1-17(31)16-34-14-12-25(33)21-8-4-5-18-9-10-26-28(27(18)21)23-15-22(24(32)11-13-30)19-6-2-3-7-20(19)29(23)35-26/h2-15,17,30-31H,16H2,1H3. The number of carbonyl (C=O) groups excluding carboxylic acids is 2. The minimum atomic E-state index is -0.642. The van der Waals surface area contributed by atoms with Gasteiger partial charge in [0.25, 0.3) is 0 Å². The molecular formula is C29H22O6. The van der Waals surface area contributed by atoms with Crippen molar-refractivity contribution in [3.63, 3.8) is 0 Å². The summed E-state index contributed by atoms with van der Waals surface area (Å²) in [5, 5.41) is 23.0. The molecule has 1 aromatic heterocycles. The summed E-state index contributed by atoms with van der Waals surface area (Å²) in [5.74, 6) is -0.599. The van der Waals surface area contributed by atoms with Crippen LogP contribution in [0.5, 0.6) is 0 Å². The van der Waals surface area contributed by atoms with Gasteiger partial charge in [0.1, 0.15) is 17.8 Å². The van der Waals surface area contributed by atoms with Crippen LogP contribution in [-0.4, -0.2) is 34.5 Å². The first-order valence-corrected chi connectivity index (χ1v) is 11.1. The van der Waals surface area contributed by atoms with E-state index in [0.29, 0.717) is 38.5 Å². The number of ketones is 2. The summed E-state index contributed by atoms with van der Waals surface area (Å²) >= 11 is 0. The van der Waals surface area contributed by atoms with E-state index in [-0.39, 0.29) is 18.2 Å². The molecule has 6 nitrogen and oxygen atoms in total. The van der Waals surface area contributed by atoms with Crippen molar-refractivity contribution in [1.29, 1.82) is 0 Å². The number of aliphatic hydroxyl groups is 2. The highest BCUT2D eigenvalue weighted by atomic mass is 16.5. The van der Waals surface area contributed by atoms with Gasteiger partial charge in [0.05, 0.1) is 18.6 Å². The van der Waals surface area contributed by atoms with Crippen LogP contribution in [0.2, 0.25) is 0 Å². The van der Waals surface area contributed by atoms with Crippen LogP contribution in [0.4, 0.5) is 0 Å². The van der Waals surface area contributed by atoms with Gasteiger partial charge < -0.3 is 19.4 Å². The van der Waals surface area contributed by atoms with Crippen LogP contribution in [0.15, 0.2) is 89.8 Å². The molecule has 35 heavy (non-hydrogen) atoms. The molecule has 5 rings (SSSR count). The summed E-state index contributed by atoms with van der Waals surface area (Å²) in [4.78, 5) is 25.9. The third-order valence-electron chi connectivity index (χ3n) is 5.89. The van der Waals surface area contributed by atoms with E-state index in [1.54, 1.807) is 19.1 Å². The molecule has 0 aliphatic carbocycles. The van der Waals surface area contributed by atoms with Crippen molar-refractivity contribution in [1.82, 2.24) is 0 Å². The van der Waals surface area contributed by atoms with Gasteiger partial charge in [-0.05, 0) is 29.8 Å². The van der Waals surface area contributed by atoms with E-state index in [9.17, 15) is 19.8 Å². The Morgan fingerprint density at radius 3 is 2.46 bits per heavy atom. The van der Waals surface area contributed by atoms with Crippen molar-refractivity contribution < 1.29 is 29.0 Å². The number of rotatable bonds is 7. The van der Waals surface area contributed by atoms with Crippen molar-refractivity contribution in [2.45, 2.75) is 13.0 Å². The van der Waals surface area contributed by atoms with Crippen molar-refractivity contribution in [3.05, 3.63) is 96.5 Å². The van der Waals surface area contributed by atoms with Gasteiger partial charge in [-0.25, -0.2) is 0 Å². The minimum absolute atomic E-state index is 0.0854. The van der Waals surface area contributed by atoms with Gasteiger partial charge in [0.2, 0.25) is 0 Å². The zero-order valence-electron chi connectivity index (χ0n) is 18.9. The number of benzene rings is 4. The predicted octanol–water partition coefficient (Wildman–Crippen LogP) is 6.24. The fraction of sp³-hybridized carbons (Fsp3) is 0.103. The highest BCUT2D eigenvalue weighted by molar-refractivity contribution is 6.30. The molecule has 0 radical (unpaired) electrons. The molecule has 0 saturated heterocycles. The summed E-state index contributed by atoms with van der Waals surface area (Å²) in [7, 11) is 0. The molecular weight excluding hydrogens is 444 g/mol. The minimum Gasteiger partial charge on any atom is -0.515 e. The first-order valence-electron chi connectivity index (χ1n) is 11.1. The van der Waals surface area contributed by atoms with Crippen LogP contribution in [0.1, 0.15) is 27.6 Å². The molecule has 1 unspecified atom stereocenters. The number of hydrogen-bond acceptors (Lipinski definition) is 6. The Morgan fingerprint density at radius 1 is 0.914 bits per heavy atom. The second kappa shape index (κ2) is 9.08. The molecule has 0 aliphatic rings. The second-order valence-electron chi connectivity index (χ2n) is 8.32. The Morgan fingerprint density at radius 2 is 1.69 bits per heavy atom. The molecule has 4 aromatic carbocycles. The van der Waals surface area contributed by atoms with Crippen molar-refractivity contribution in [2.75, 3.05) is 6.61 Å². The fourth-order valence-electron chi connectivity index (χ4n) is 4.43. The topological polar surface area (TPSA) is 97.0 Å². The number of ether oxygens (including phenoxy) is 1. The number of hydrogen-bond donors (Lipinski definition) is 2. The van der Waals surface area contributed by atoms with Gasteiger partial charge >= 0.3 is 0 Å². The van der Waals surface area contributed by atoms with Crippen molar-refractivity contribution in [3.8, 4) is 0 Å². The van der Waals surface area contributed by atoms with Crippen LogP contribution >= 0.6 is 0 Å². The lowest BCUT2D eigenvalue weighted by molar-refractivity contribution is 0.0945. The average molecular weight is 466 g/mol. The van der Waals surface area contributed by atoms with E-state index in [0.717, 1.165) is 28.5 Å². The first kappa shape index (κ1) is 22.4. The third-order valence-corrected chi connectivity index (χ3v) is 5.89. The lowest BCUT2D eigenvalue weighted by Crippen LogP contribution is -2.07. The molecule has 5 aromatic rings. The molecule has 6 heteroatoms. The largest absolute Gasteiger partial charge is 0.515 e. The lowest BCUT2D eigenvalue weighted by atomic mass is 9.93. The maximum atomic E-state index is 13.1. The summed E-state index contributed by atoms with van der Waals surface area (Å²) in [6.07, 6.45) is 3.81. The number of carbonyl (C=O) groups is 2. The predicted molar refractivity (Wildman–Crippen MR) is 136 cm³/mol. The van der Waals surface area contributed by atoms with Gasteiger partial charge in [-0.3, -0.25) is 9.59 Å². The fourth-order valence-corrected chi connectivity index (χ4v) is 4.43. The average Bonchev–Trinajstić information content (AvgIpc) is 3.25. The highest BCUT2D eigenvalue weighted by Crippen LogP contribution is 2.40. The second-order valence-corrected chi connectivity index (χ2v) is 8.32. The summed E-state index contributed by atoms with van der Waals surface area (Å²) in [6.45, 7) is 1.68. The smallest absolute Gasteiger partial charge is 0.189 e. The normalized spacial score (nSPS) is 13.0. The van der Waals surface area contributed by atoms with E-state index < -0.39 is 6.10 Å². The molecule has 2 N–H and O–H groups in total. The van der Waals surface area contributed by atoms with Crippen molar-refractivity contribution in [2.24, 2.45) is 0 Å².